The second kappa shape index (κ2) is 17.3. The number of carbonyl (C=O) groups excluding carboxylic acids is 1. The SMILES string of the molecule is CCCCCCCCC(O)/C=C/C=C/[C@H]1CC=CC[C@H]1C(CCCCO)OC(C)=O. The lowest BCUT2D eigenvalue weighted by atomic mass is 9.78. The summed E-state index contributed by atoms with van der Waals surface area (Å²) >= 11 is 0. The maximum Gasteiger partial charge on any atom is 0.302 e. The Morgan fingerprint density at radius 3 is 2.47 bits per heavy atom. The summed E-state index contributed by atoms with van der Waals surface area (Å²) in [7, 11) is 0. The van der Waals surface area contributed by atoms with E-state index in [4.69, 9.17) is 9.84 Å². The highest BCUT2D eigenvalue weighted by Crippen LogP contribution is 2.33. The number of esters is 1. The van der Waals surface area contributed by atoms with E-state index in [1.165, 1.54) is 39.0 Å². The van der Waals surface area contributed by atoms with Gasteiger partial charge in [0.05, 0.1) is 6.10 Å². The van der Waals surface area contributed by atoms with Gasteiger partial charge in [0.1, 0.15) is 6.10 Å². The normalized spacial score (nSPS) is 21.3. The molecule has 0 saturated heterocycles. The summed E-state index contributed by atoms with van der Waals surface area (Å²) in [5.74, 6) is 0.336. The molecule has 4 atom stereocenters. The molecule has 2 unspecified atom stereocenters. The van der Waals surface area contributed by atoms with Gasteiger partial charge in [-0.3, -0.25) is 4.79 Å². The van der Waals surface area contributed by atoms with E-state index in [9.17, 15) is 9.90 Å². The second-order valence-corrected chi connectivity index (χ2v) is 8.53. The van der Waals surface area contributed by atoms with Crippen molar-refractivity contribution < 1.29 is 19.7 Å². The van der Waals surface area contributed by atoms with E-state index < -0.39 is 0 Å². The smallest absolute Gasteiger partial charge is 0.302 e. The van der Waals surface area contributed by atoms with Crippen molar-refractivity contribution in [1.29, 1.82) is 0 Å². The van der Waals surface area contributed by atoms with Gasteiger partial charge < -0.3 is 14.9 Å². The molecule has 172 valence electrons. The number of hydrogen-bond donors (Lipinski definition) is 2. The molecule has 0 saturated carbocycles. The number of ether oxygens (including phenoxy) is 1. The second-order valence-electron chi connectivity index (χ2n) is 8.53. The molecule has 0 aromatic rings. The molecule has 0 aliphatic heterocycles. The first-order valence-electron chi connectivity index (χ1n) is 12.0. The van der Waals surface area contributed by atoms with E-state index in [-0.39, 0.29) is 30.7 Å². The van der Waals surface area contributed by atoms with Gasteiger partial charge in [-0.25, -0.2) is 0 Å². The molecule has 0 fully saturated rings. The third-order valence-electron chi connectivity index (χ3n) is 5.88. The van der Waals surface area contributed by atoms with Crippen molar-refractivity contribution in [2.75, 3.05) is 6.61 Å². The predicted octanol–water partition coefficient (Wildman–Crippen LogP) is 5.89. The van der Waals surface area contributed by atoms with E-state index >= 15 is 0 Å². The maximum atomic E-state index is 11.6. The average Bonchev–Trinajstić information content (AvgIpc) is 2.73. The number of unbranched alkanes of at least 4 members (excludes halogenated alkanes) is 6. The highest BCUT2D eigenvalue weighted by atomic mass is 16.5. The van der Waals surface area contributed by atoms with Crippen molar-refractivity contribution in [3.63, 3.8) is 0 Å². The molecule has 0 amide bonds. The van der Waals surface area contributed by atoms with E-state index in [1.54, 1.807) is 0 Å². The Labute approximate surface area is 184 Å². The van der Waals surface area contributed by atoms with Gasteiger partial charge in [0, 0.05) is 19.4 Å². The molecule has 2 N–H and O–H groups in total. The van der Waals surface area contributed by atoms with Gasteiger partial charge in [-0.05, 0) is 44.4 Å². The highest BCUT2D eigenvalue weighted by molar-refractivity contribution is 5.66. The van der Waals surface area contributed by atoms with Crippen molar-refractivity contribution >= 4 is 5.97 Å². The Morgan fingerprint density at radius 2 is 1.73 bits per heavy atom. The van der Waals surface area contributed by atoms with Gasteiger partial charge in [0.2, 0.25) is 0 Å². The molecule has 4 heteroatoms. The number of allylic oxidation sites excluding steroid dienone is 5. The maximum absolute atomic E-state index is 11.6. The van der Waals surface area contributed by atoms with Gasteiger partial charge >= 0.3 is 5.97 Å². The van der Waals surface area contributed by atoms with Gasteiger partial charge in [0.15, 0.2) is 0 Å². The lowest BCUT2D eigenvalue weighted by molar-refractivity contribution is -0.150. The van der Waals surface area contributed by atoms with Crippen LogP contribution >= 0.6 is 0 Å². The summed E-state index contributed by atoms with van der Waals surface area (Å²) in [5.41, 5.74) is 0. The highest BCUT2D eigenvalue weighted by Gasteiger charge is 2.30. The molecular weight excluding hydrogens is 376 g/mol. The monoisotopic (exact) mass is 420 g/mol. The predicted molar refractivity (Wildman–Crippen MR) is 124 cm³/mol. The Morgan fingerprint density at radius 1 is 1.03 bits per heavy atom. The Balaban J connectivity index is 2.50. The van der Waals surface area contributed by atoms with Crippen molar-refractivity contribution in [2.45, 2.75) is 103 Å². The van der Waals surface area contributed by atoms with E-state index in [2.05, 4.69) is 25.2 Å². The molecule has 0 spiro atoms. The third kappa shape index (κ3) is 12.3. The summed E-state index contributed by atoms with van der Waals surface area (Å²) in [5, 5.41) is 19.2. The lowest BCUT2D eigenvalue weighted by Crippen LogP contribution is -2.32. The van der Waals surface area contributed by atoms with Crippen LogP contribution in [0, 0.1) is 11.8 Å². The van der Waals surface area contributed by atoms with Crippen LogP contribution in [-0.4, -0.2) is 35.0 Å². The number of aliphatic hydroxyl groups is 2. The Kier molecular flexibility index (Phi) is 15.4. The molecule has 0 radical (unpaired) electrons. The minimum atomic E-state index is -0.379. The van der Waals surface area contributed by atoms with Crippen LogP contribution in [0.1, 0.15) is 90.9 Å². The first-order chi connectivity index (χ1) is 14.6. The Bertz CT molecular complexity index is 523. The zero-order valence-electron chi connectivity index (χ0n) is 19.2. The van der Waals surface area contributed by atoms with Crippen LogP contribution < -0.4 is 0 Å². The summed E-state index contributed by atoms with van der Waals surface area (Å²) in [6.45, 7) is 3.87. The van der Waals surface area contributed by atoms with Gasteiger partial charge in [-0.2, -0.15) is 0 Å². The number of aliphatic hydroxyl groups excluding tert-OH is 2. The zero-order chi connectivity index (χ0) is 22.0. The minimum Gasteiger partial charge on any atom is -0.462 e. The molecular formula is C26H44O4. The van der Waals surface area contributed by atoms with E-state index in [0.29, 0.717) is 5.92 Å². The van der Waals surface area contributed by atoms with Crippen molar-refractivity contribution in [3.05, 3.63) is 36.5 Å². The molecule has 0 heterocycles. The van der Waals surface area contributed by atoms with Crippen LogP contribution in [0.3, 0.4) is 0 Å². The fourth-order valence-corrected chi connectivity index (χ4v) is 4.17. The average molecular weight is 421 g/mol. The first kappa shape index (κ1) is 26.6. The number of carbonyl (C=O) groups is 1. The summed E-state index contributed by atoms with van der Waals surface area (Å²) in [6.07, 6.45) is 24.4. The first-order valence-corrected chi connectivity index (χ1v) is 12.0. The summed E-state index contributed by atoms with van der Waals surface area (Å²) in [4.78, 5) is 11.6. The van der Waals surface area contributed by atoms with Crippen LogP contribution in [0.25, 0.3) is 0 Å². The molecule has 0 aromatic heterocycles. The van der Waals surface area contributed by atoms with Crippen LogP contribution in [0.2, 0.25) is 0 Å². The van der Waals surface area contributed by atoms with Gasteiger partial charge in [-0.1, -0.05) is 81.9 Å². The third-order valence-corrected chi connectivity index (χ3v) is 5.88. The fourth-order valence-electron chi connectivity index (χ4n) is 4.17. The van der Waals surface area contributed by atoms with Crippen LogP contribution in [-0.2, 0) is 9.53 Å². The van der Waals surface area contributed by atoms with E-state index in [0.717, 1.165) is 44.9 Å². The summed E-state index contributed by atoms with van der Waals surface area (Å²) < 4.78 is 5.64. The largest absolute Gasteiger partial charge is 0.462 e. The molecule has 1 aliphatic rings. The van der Waals surface area contributed by atoms with Crippen molar-refractivity contribution in [2.24, 2.45) is 11.8 Å². The molecule has 1 rings (SSSR count). The van der Waals surface area contributed by atoms with E-state index in [1.807, 2.05) is 18.2 Å². The van der Waals surface area contributed by atoms with Crippen LogP contribution in [0.5, 0.6) is 0 Å². The van der Waals surface area contributed by atoms with Crippen LogP contribution in [0.15, 0.2) is 36.5 Å². The number of hydrogen-bond acceptors (Lipinski definition) is 4. The zero-order valence-corrected chi connectivity index (χ0v) is 19.2. The Hall–Kier alpha value is -1.39. The van der Waals surface area contributed by atoms with Crippen molar-refractivity contribution in [1.82, 2.24) is 0 Å². The molecule has 1 aliphatic carbocycles. The molecule has 0 bridgehead atoms. The number of rotatable bonds is 16. The van der Waals surface area contributed by atoms with Crippen molar-refractivity contribution in [3.8, 4) is 0 Å². The standard InChI is InChI=1S/C26H44O4/c1-3-4-5-6-7-8-17-24(29)18-11-9-15-23-16-10-12-19-25(23)26(30-22(2)28)20-13-14-21-27/h9-12,15,18,23-27,29H,3-8,13-14,16-17,19-21H2,1-2H3/b15-9+,18-11+/t23-,24?,25+,26?/m0/s1. The van der Waals surface area contributed by atoms with Gasteiger partial charge in [-0.15, -0.1) is 0 Å². The van der Waals surface area contributed by atoms with Crippen LogP contribution in [0.4, 0.5) is 0 Å². The minimum absolute atomic E-state index is 0.115. The van der Waals surface area contributed by atoms with Gasteiger partial charge in [0.25, 0.3) is 0 Å². The molecule has 30 heavy (non-hydrogen) atoms. The molecule has 4 nitrogen and oxygen atoms in total. The lowest BCUT2D eigenvalue weighted by Gasteiger charge is -2.33. The summed E-state index contributed by atoms with van der Waals surface area (Å²) in [6, 6.07) is 0. The quantitative estimate of drug-likeness (QED) is 0.141. The topological polar surface area (TPSA) is 66.8 Å². The molecule has 0 aromatic carbocycles. The fraction of sp³-hybridized carbons (Fsp3) is 0.731.